The monoisotopic (exact) mass is 1050 g/mol. The number of methoxy groups -OCH3 is 6. The summed E-state index contributed by atoms with van der Waals surface area (Å²) < 4.78 is 142. The van der Waals surface area contributed by atoms with Gasteiger partial charge in [-0.2, -0.15) is 39.5 Å². The van der Waals surface area contributed by atoms with Crippen LogP contribution in [-0.2, 0) is 24.7 Å². The van der Waals surface area contributed by atoms with Gasteiger partial charge in [-0.25, -0.2) is 0 Å². The number of ether oxygens (including phenoxy) is 6. The van der Waals surface area contributed by atoms with Gasteiger partial charge >= 0.3 is 59.4 Å². The fourth-order valence-corrected chi connectivity index (χ4v) is 6.20. The van der Waals surface area contributed by atoms with Gasteiger partial charge in [-0.1, -0.05) is 0 Å². The van der Waals surface area contributed by atoms with Gasteiger partial charge in [0.2, 0.25) is 0 Å². The van der Waals surface area contributed by atoms with Gasteiger partial charge in [0.1, 0.15) is 0 Å². The quantitative estimate of drug-likeness (QED) is 0.162. The van der Waals surface area contributed by atoms with Crippen molar-refractivity contribution in [2.75, 3.05) is 49.8 Å². The van der Waals surface area contributed by atoms with Gasteiger partial charge in [0, 0.05) is 59.8 Å². The van der Waals surface area contributed by atoms with Crippen LogP contribution in [0.15, 0.2) is 70.4 Å². The zero-order valence-electron chi connectivity index (χ0n) is 34.4. The topological polar surface area (TPSA) is 229 Å². The normalized spacial score (nSPS) is 16.0. The van der Waals surface area contributed by atoms with E-state index in [2.05, 4.69) is 0 Å². The van der Waals surface area contributed by atoms with Gasteiger partial charge in [-0.3, -0.25) is 14.4 Å². The summed E-state index contributed by atoms with van der Waals surface area (Å²) in [5.41, 5.74) is -1.25. The minimum absolute atomic E-state index is 0. The summed E-state index contributed by atoms with van der Waals surface area (Å²) in [5, 5.41) is 40.6. The molecular weight excluding hydrogens is 1020 g/mol. The molecule has 4 N–H and O–H groups in total. The predicted octanol–water partition coefficient (Wildman–Crippen LogP) is 3.54. The van der Waals surface area contributed by atoms with E-state index in [4.69, 9.17) is 33.5 Å². The van der Waals surface area contributed by atoms with E-state index >= 15 is 0 Å². The third-order valence-electron chi connectivity index (χ3n) is 9.08. The molecule has 3 aliphatic rings. The smallest absolute Gasteiger partial charge is 0.869 e. The molecule has 3 aliphatic carbocycles. The Balaban J connectivity index is 0.000000463. The van der Waals surface area contributed by atoms with Gasteiger partial charge in [0.15, 0.2) is 51.8 Å². The van der Waals surface area contributed by atoms with Crippen LogP contribution in [0.2, 0.25) is 0 Å². The molecule has 0 heterocycles. The fourth-order valence-electron chi connectivity index (χ4n) is 6.20. The maximum absolute atomic E-state index is 12.4. The number of aliphatic hydroxyl groups excluding tert-OH is 1. The van der Waals surface area contributed by atoms with Crippen LogP contribution >= 0.6 is 0 Å². The molecule has 6 rings (SSSR count). The summed E-state index contributed by atoms with van der Waals surface area (Å²) in [7, 11) is 9.13. The summed E-state index contributed by atoms with van der Waals surface area (Å²) in [4.78, 5) is 35.7. The molecule has 0 atom stereocenters. The predicted molar refractivity (Wildman–Crippen MR) is 195 cm³/mol. The number of fused-ring (bicyclic) bond motifs is 3. The molecule has 3 aromatic rings. The van der Waals surface area contributed by atoms with E-state index < -0.39 is 69.9 Å². The SMILES string of the molecule is CO.COc1cc2c(cc1OC)C(=O)/C(=C(\[O-])C(F)(F)F)C2.COc1cc2c(cc1OC)C(=O)/C(=C(\[O-])C(F)(F)F)C2.COc1cc2c(cc1OC)C(=O)/C(=C(\[O-])C(F)(F)F)C2.[Nd+3].[OH3+]. The van der Waals surface area contributed by atoms with Crippen molar-refractivity contribution < 1.29 is 149 Å². The zero-order valence-corrected chi connectivity index (χ0v) is 37.6. The Morgan fingerprint density at radius 2 is 0.609 bits per heavy atom. The molecule has 0 amide bonds. The number of rotatable bonds is 6. The second-order valence-electron chi connectivity index (χ2n) is 12.5. The number of hydrogen-bond donors (Lipinski definition) is 1. The van der Waals surface area contributed by atoms with Gasteiger partial charge in [-0.05, 0) is 70.4 Å². The zero-order chi connectivity index (χ0) is 47.2. The first-order valence-electron chi connectivity index (χ1n) is 17.1. The van der Waals surface area contributed by atoms with Crippen LogP contribution in [0.5, 0.6) is 34.5 Å². The first-order chi connectivity index (χ1) is 28.9. The van der Waals surface area contributed by atoms with Crippen molar-refractivity contribution >= 4 is 17.3 Å². The number of allylic oxidation sites excluding steroid dienone is 6. The molecule has 0 saturated heterocycles. The van der Waals surface area contributed by atoms with Crippen molar-refractivity contribution in [3.63, 3.8) is 0 Å². The number of ketones is 3. The molecule has 0 aromatic heterocycles. The summed E-state index contributed by atoms with van der Waals surface area (Å²) >= 11 is 0. The Bertz CT molecular complexity index is 2080. The number of hydrogen-bond acceptors (Lipinski definition) is 13. The number of halogens is 9. The molecule has 1 radical (unpaired) electrons. The van der Waals surface area contributed by atoms with Crippen LogP contribution < -0.4 is 43.7 Å². The van der Waals surface area contributed by atoms with Gasteiger partial charge in [0.05, 0.1) is 42.7 Å². The number of alkyl halides is 9. The van der Waals surface area contributed by atoms with E-state index in [1.165, 1.54) is 79.1 Å². The van der Waals surface area contributed by atoms with E-state index in [0.717, 1.165) is 7.11 Å². The Morgan fingerprint density at radius 1 is 0.438 bits per heavy atom. The third-order valence-corrected chi connectivity index (χ3v) is 9.08. The van der Waals surface area contributed by atoms with E-state index in [1.807, 2.05) is 0 Å². The Kier molecular flexibility index (Phi) is 20.0. The largest absolute Gasteiger partial charge is 3.00 e. The number of carbonyl (C=O) groups excluding carboxylic acids is 3. The standard InChI is InChI=1S/3C13H11F3O4.CH4O.Nd.H2O/c3*1-19-9-4-6-3-8(12(18)13(14,15)16)11(17)7(6)5-10(9)20-2;1-2;;/h3*4-5,18H,3H2,1-2H3;2H,1H3;;1H2/q;;;;+3;/p-2/b3*12-8-;;;. The van der Waals surface area contributed by atoms with E-state index in [1.54, 1.807) is 0 Å². The second kappa shape index (κ2) is 22.6. The van der Waals surface area contributed by atoms with Gasteiger partial charge in [0.25, 0.3) is 0 Å². The molecule has 14 nitrogen and oxygen atoms in total. The molecule has 64 heavy (non-hydrogen) atoms. The van der Waals surface area contributed by atoms with Crippen LogP contribution in [0.4, 0.5) is 39.5 Å². The van der Waals surface area contributed by atoms with Crippen molar-refractivity contribution in [2.24, 2.45) is 0 Å². The van der Waals surface area contributed by atoms with Gasteiger partial charge < -0.3 is 54.3 Å². The molecule has 0 unspecified atom stereocenters. The number of carbonyl (C=O) groups is 3. The molecule has 0 bridgehead atoms. The van der Waals surface area contributed by atoms with Crippen LogP contribution in [-0.4, -0.2) is 90.8 Å². The van der Waals surface area contributed by atoms with Crippen molar-refractivity contribution in [1.82, 2.24) is 0 Å². The first kappa shape index (κ1) is 56.7. The minimum Gasteiger partial charge on any atom is -0.869 e. The third kappa shape index (κ3) is 12.1. The van der Waals surface area contributed by atoms with Crippen molar-refractivity contribution in [2.45, 2.75) is 37.8 Å². The van der Waals surface area contributed by atoms with Crippen LogP contribution in [0.25, 0.3) is 0 Å². The molecule has 347 valence electrons. The van der Waals surface area contributed by atoms with E-state index in [9.17, 15) is 69.2 Å². The second-order valence-corrected chi connectivity index (χ2v) is 12.5. The van der Waals surface area contributed by atoms with Crippen molar-refractivity contribution in [3.05, 3.63) is 104 Å². The fraction of sp³-hybridized carbons (Fsp3) is 0.325. The van der Waals surface area contributed by atoms with E-state index in [0.29, 0.717) is 33.9 Å². The van der Waals surface area contributed by atoms with Crippen LogP contribution in [0, 0.1) is 40.8 Å². The van der Waals surface area contributed by atoms with E-state index in [-0.39, 0.29) is 99.5 Å². The summed E-state index contributed by atoms with van der Waals surface area (Å²) in [6, 6.07) is 8.07. The van der Waals surface area contributed by atoms with Crippen LogP contribution in [0.1, 0.15) is 47.8 Å². The minimum atomic E-state index is -5.05. The summed E-state index contributed by atoms with van der Waals surface area (Å²) in [6.45, 7) is 0. The number of benzene rings is 3. The molecule has 0 fully saturated rings. The summed E-state index contributed by atoms with van der Waals surface area (Å²) in [6.07, 6.45) is -16.2. The van der Waals surface area contributed by atoms with Crippen molar-refractivity contribution in [1.29, 1.82) is 0 Å². The number of Topliss-reactive ketones (excluding diaryl/α,β-unsaturated/α-hetero) is 3. The molecule has 0 spiro atoms. The Labute approximate surface area is 390 Å². The Hall–Kier alpha value is -5.27. The average Bonchev–Trinajstić information content (AvgIpc) is 3.86. The molecular formula is C40H37F9NdO14+. The Morgan fingerprint density at radius 3 is 0.766 bits per heavy atom. The number of aliphatic hydroxyl groups is 1. The maximum atomic E-state index is 12.4. The maximum Gasteiger partial charge on any atom is 3.00 e. The summed E-state index contributed by atoms with van der Waals surface area (Å²) in [5.74, 6) is -7.50. The van der Waals surface area contributed by atoms with Crippen LogP contribution in [0.3, 0.4) is 0 Å². The molecule has 0 saturated carbocycles. The van der Waals surface area contributed by atoms with Crippen molar-refractivity contribution in [3.8, 4) is 34.5 Å². The first-order valence-corrected chi connectivity index (χ1v) is 17.1. The average molecular weight is 1060 g/mol. The molecule has 3 aromatic carbocycles. The molecule has 0 aliphatic heterocycles. The van der Waals surface area contributed by atoms with Gasteiger partial charge in [-0.15, -0.1) is 0 Å². The molecule has 24 heteroatoms.